The maximum absolute atomic E-state index is 13.0. The van der Waals surface area contributed by atoms with Crippen LogP contribution in [0.4, 0.5) is 8.78 Å². The highest BCUT2D eigenvalue weighted by Gasteiger charge is 2.14. The lowest BCUT2D eigenvalue weighted by molar-refractivity contribution is 0.0935. The summed E-state index contributed by atoms with van der Waals surface area (Å²) in [6.07, 6.45) is 1.35. The fourth-order valence-corrected chi connectivity index (χ4v) is 1.81. The summed E-state index contributed by atoms with van der Waals surface area (Å²) in [4.78, 5) is 11.7. The summed E-state index contributed by atoms with van der Waals surface area (Å²) >= 11 is 0.925. The van der Waals surface area contributed by atoms with Crippen LogP contribution in [0.25, 0.3) is 0 Å². The molecule has 7 heteroatoms. The van der Waals surface area contributed by atoms with E-state index in [0.717, 1.165) is 23.9 Å². The molecule has 1 heterocycles. The normalized spacial score (nSPS) is 12.2. The molecule has 1 amide bonds. The van der Waals surface area contributed by atoms with Gasteiger partial charge in [0, 0.05) is 0 Å². The van der Waals surface area contributed by atoms with Crippen LogP contribution in [0.2, 0.25) is 0 Å². The van der Waals surface area contributed by atoms with Gasteiger partial charge in [0.15, 0.2) is 17.3 Å². The van der Waals surface area contributed by atoms with Gasteiger partial charge in [0.2, 0.25) is 0 Å². The van der Waals surface area contributed by atoms with Crippen molar-refractivity contribution in [3.05, 3.63) is 47.3 Å². The highest BCUT2D eigenvalue weighted by Crippen LogP contribution is 2.16. The zero-order valence-electron chi connectivity index (χ0n) is 9.35. The molecule has 0 radical (unpaired) electrons. The number of benzene rings is 1. The second-order valence-corrected chi connectivity index (χ2v) is 4.22. The molecule has 0 saturated heterocycles. The SMILES string of the molecule is C[C@H](NC(=O)c1cnsn1)c1ccc(F)c(F)c1. The maximum Gasteiger partial charge on any atom is 0.273 e. The highest BCUT2D eigenvalue weighted by molar-refractivity contribution is 6.99. The number of nitrogens with one attached hydrogen (secondary N) is 1. The molecule has 0 saturated carbocycles. The van der Waals surface area contributed by atoms with Crippen LogP contribution in [0.3, 0.4) is 0 Å². The van der Waals surface area contributed by atoms with Gasteiger partial charge in [-0.15, -0.1) is 0 Å². The topological polar surface area (TPSA) is 54.9 Å². The second kappa shape index (κ2) is 5.18. The third kappa shape index (κ3) is 2.67. The number of rotatable bonds is 3. The molecule has 1 atom stereocenters. The molecular formula is C11H9F2N3OS. The van der Waals surface area contributed by atoms with Gasteiger partial charge in [0.25, 0.3) is 5.91 Å². The average Bonchev–Trinajstić information content (AvgIpc) is 2.86. The molecule has 0 aliphatic heterocycles. The van der Waals surface area contributed by atoms with E-state index in [1.807, 2.05) is 0 Å². The number of hydrogen-bond acceptors (Lipinski definition) is 4. The first kappa shape index (κ1) is 12.6. The van der Waals surface area contributed by atoms with Crippen molar-refractivity contribution in [3.63, 3.8) is 0 Å². The van der Waals surface area contributed by atoms with Gasteiger partial charge in [-0.2, -0.15) is 8.75 Å². The van der Waals surface area contributed by atoms with Crippen LogP contribution in [0.15, 0.2) is 24.4 Å². The van der Waals surface area contributed by atoms with E-state index in [2.05, 4.69) is 14.1 Å². The van der Waals surface area contributed by atoms with E-state index in [1.165, 1.54) is 12.3 Å². The molecule has 0 unspecified atom stereocenters. The molecule has 1 N–H and O–H groups in total. The Hall–Kier alpha value is -1.89. The van der Waals surface area contributed by atoms with Crippen LogP contribution in [-0.2, 0) is 0 Å². The molecule has 94 valence electrons. The molecule has 4 nitrogen and oxygen atoms in total. The van der Waals surface area contributed by atoms with Crippen molar-refractivity contribution in [3.8, 4) is 0 Å². The Kier molecular flexibility index (Phi) is 3.61. The number of amides is 1. The predicted molar refractivity (Wildman–Crippen MR) is 62.1 cm³/mol. The number of halogens is 2. The van der Waals surface area contributed by atoms with Crippen LogP contribution < -0.4 is 5.32 Å². The van der Waals surface area contributed by atoms with E-state index < -0.39 is 23.6 Å². The fraction of sp³-hybridized carbons (Fsp3) is 0.182. The quantitative estimate of drug-likeness (QED) is 0.930. The van der Waals surface area contributed by atoms with Crippen molar-refractivity contribution in [2.45, 2.75) is 13.0 Å². The zero-order valence-corrected chi connectivity index (χ0v) is 10.2. The minimum absolute atomic E-state index is 0.203. The van der Waals surface area contributed by atoms with Crippen LogP contribution in [-0.4, -0.2) is 14.7 Å². The van der Waals surface area contributed by atoms with Crippen LogP contribution in [0, 0.1) is 11.6 Å². The summed E-state index contributed by atoms with van der Waals surface area (Å²) in [6.45, 7) is 1.67. The monoisotopic (exact) mass is 269 g/mol. The van der Waals surface area contributed by atoms with Crippen molar-refractivity contribution < 1.29 is 13.6 Å². The van der Waals surface area contributed by atoms with E-state index in [4.69, 9.17) is 0 Å². The minimum Gasteiger partial charge on any atom is -0.344 e. The Labute approximate surface area is 106 Å². The summed E-state index contributed by atoms with van der Waals surface area (Å²) in [6, 6.07) is 3.05. The van der Waals surface area contributed by atoms with E-state index in [0.29, 0.717) is 5.56 Å². The zero-order chi connectivity index (χ0) is 13.1. The van der Waals surface area contributed by atoms with Crippen LogP contribution >= 0.6 is 11.7 Å². The largest absolute Gasteiger partial charge is 0.344 e. The Morgan fingerprint density at radius 2 is 2.17 bits per heavy atom. The third-order valence-electron chi connectivity index (χ3n) is 2.39. The van der Waals surface area contributed by atoms with Gasteiger partial charge < -0.3 is 5.32 Å². The number of hydrogen-bond donors (Lipinski definition) is 1. The van der Waals surface area contributed by atoms with Gasteiger partial charge in [0.1, 0.15) is 0 Å². The Bertz CT molecular complexity index is 559. The summed E-state index contributed by atoms with van der Waals surface area (Å²) < 4.78 is 33.3. The fourth-order valence-electron chi connectivity index (χ4n) is 1.40. The number of carbonyl (C=O) groups excluding carboxylic acids is 1. The molecule has 1 aromatic heterocycles. The molecular weight excluding hydrogens is 260 g/mol. The molecule has 0 fully saturated rings. The Balaban J connectivity index is 2.10. The van der Waals surface area contributed by atoms with Crippen molar-refractivity contribution >= 4 is 17.6 Å². The first-order chi connectivity index (χ1) is 8.58. The molecule has 18 heavy (non-hydrogen) atoms. The minimum atomic E-state index is -0.941. The van der Waals surface area contributed by atoms with E-state index in [-0.39, 0.29) is 5.69 Å². The Morgan fingerprint density at radius 1 is 1.39 bits per heavy atom. The lowest BCUT2D eigenvalue weighted by Crippen LogP contribution is -2.26. The van der Waals surface area contributed by atoms with Crippen molar-refractivity contribution in [2.75, 3.05) is 0 Å². The second-order valence-electron chi connectivity index (χ2n) is 3.66. The van der Waals surface area contributed by atoms with Gasteiger partial charge >= 0.3 is 0 Å². The molecule has 0 aliphatic carbocycles. The standard InChI is InChI=1S/C11H9F2N3OS/c1-6(7-2-3-8(12)9(13)4-7)15-11(17)10-5-14-18-16-10/h2-6H,1H3,(H,15,17)/t6-/m0/s1. The third-order valence-corrected chi connectivity index (χ3v) is 2.86. The molecule has 0 spiro atoms. The van der Waals surface area contributed by atoms with E-state index in [9.17, 15) is 13.6 Å². The Morgan fingerprint density at radius 3 is 2.78 bits per heavy atom. The van der Waals surface area contributed by atoms with Gasteiger partial charge in [-0.3, -0.25) is 4.79 Å². The number of nitrogens with zero attached hydrogens (tertiary/aromatic N) is 2. The van der Waals surface area contributed by atoms with Gasteiger partial charge in [-0.1, -0.05) is 6.07 Å². The van der Waals surface area contributed by atoms with Gasteiger partial charge in [0.05, 0.1) is 24.0 Å². The van der Waals surface area contributed by atoms with Crippen molar-refractivity contribution in [1.29, 1.82) is 0 Å². The van der Waals surface area contributed by atoms with Crippen molar-refractivity contribution in [2.24, 2.45) is 0 Å². The molecule has 0 aliphatic rings. The van der Waals surface area contributed by atoms with E-state index in [1.54, 1.807) is 6.92 Å². The smallest absolute Gasteiger partial charge is 0.273 e. The van der Waals surface area contributed by atoms with Gasteiger partial charge in [-0.25, -0.2) is 8.78 Å². The van der Waals surface area contributed by atoms with E-state index >= 15 is 0 Å². The number of carbonyl (C=O) groups is 1. The summed E-state index contributed by atoms with van der Waals surface area (Å²) in [5, 5.41) is 2.62. The van der Waals surface area contributed by atoms with Crippen molar-refractivity contribution in [1.82, 2.24) is 14.1 Å². The average molecular weight is 269 g/mol. The lowest BCUT2D eigenvalue weighted by atomic mass is 10.1. The molecule has 2 rings (SSSR count). The first-order valence-electron chi connectivity index (χ1n) is 5.11. The first-order valence-corrected chi connectivity index (χ1v) is 5.84. The highest BCUT2D eigenvalue weighted by atomic mass is 32.1. The summed E-state index contributed by atoms with van der Waals surface area (Å²) in [7, 11) is 0. The molecule has 0 bridgehead atoms. The lowest BCUT2D eigenvalue weighted by Gasteiger charge is -2.13. The molecule has 2 aromatic rings. The summed E-state index contributed by atoms with van der Waals surface area (Å²) in [5.41, 5.74) is 0.680. The predicted octanol–water partition coefficient (Wildman–Crippen LogP) is 2.31. The van der Waals surface area contributed by atoms with Crippen LogP contribution in [0.1, 0.15) is 29.0 Å². The number of aromatic nitrogens is 2. The molecule has 1 aromatic carbocycles. The van der Waals surface area contributed by atoms with Gasteiger partial charge in [-0.05, 0) is 24.6 Å². The van der Waals surface area contributed by atoms with Crippen LogP contribution in [0.5, 0.6) is 0 Å². The summed E-state index contributed by atoms with van der Waals surface area (Å²) in [5.74, 6) is -2.26. The maximum atomic E-state index is 13.0.